The summed E-state index contributed by atoms with van der Waals surface area (Å²) >= 11 is 0. The van der Waals surface area contributed by atoms with Crippen molar-refractivity contribution in [1.82, 2.24) is 9.55 Å². The van der Waals surface area contributed by atoms with Crippen molar-refractivity contribution in [1.29, 1.82) is 0 Å². The maximum Gasteiger partial charge on any atom is 0.331 e. The molecular weight excluding hydrogens is 304 g/mol. The van der Waals surface area contributed by atoms with Gasteiger partial charge in [0.05, 0.1) is 5.56 Å². The molecule has 1 N–H and O–H groups in total. The number of hydrogen-bond acceptors (Lipinski definition) is 3. The van der Waals surface area contributed by atoms with Gasteiger partial charge in [0.2, 0.25) is 5.88 Å². The molecule has 2 rings (SSSR count). The molecule has 0 unspecified atom stereocenters. The third-order valence-electron chi connectivity index (χ3n) is 3.70. The van der Waals surface area contributed by atoms with Gasteiger partial charge >= 0.3 is 5.69 Å². The molecule has 0 fully saturated rings. The van der Waals surface area contributed by atoms with Gasteiger partial charge in [-0.1, -0.05) is 32.1 Å². The van der Waals surface area contributed by atoms with Crippen molar-refractivity contribution >= 4 is 0 Å². The number of nitrogens with zero attached hydrogens (tertiary/aromatic N) is 1. The van der Waals surface area contributed by atoms with Gasteiger partial charge in [0.25, 0.3) is 5.56 Å². The molecule has 5 nitrogen and oxygen atoms in total. The summed E-state index contributed by atoms with van der Waals surface area (Å²) in [4.78, 5) is 26.7. The van der Waals surface area contributed by atoms with Gasteiger partial charge in [0.1, 0.15) is 5.75 Å². The molecule has 0 saturated heterocycles. The summed E-state index contributed by atoms with van der Waals surface area (Å²) in [6.45, 7) is 8.22. The lowest BCUT2D eigenvalue weighted by atomic mass is 10.1. The first-order valence-corrected chi connectivity index (χ1v) is 8.23. The Kier molecular flexibility index (Phi) is 5.79. The van der Waals surface area contributed by atoms with Crippen LogP contribution in [-0.2, 0) is 13.0 Å². The molecule has 2 aromatic rings. The Labute approximate surface area is 141 Å². The highest BCUT2D eigenvalue weighted by Crippen LogP contribution is 2.25. The van der Waals surface area contributed by atoms with Gasteiger partial charge in [-0.05, 0) is 49.9 Å². The third-order valence-corrected chi connectivity index (χ3v) is 3.70. The highest BCUT2D eigenvalue weighted by molar-refractivity contribution is 5.37. The maximum atomic E-state index is 12.2. The fourth-order valence-corrected chi connectivity index (χ4v) is 2.64. The summed E-state index contributed by atoms with van der Waals surface area (Å²) in [5.74, 6) is 0.942. The Morgan fingerprint density at radius 2 is 1.75 bits per heavy atom. The molecule has 0 radical (unpaired) electrons. The number of aryl methyl sites for hydroxylation is 2. The monoisotopic (exact) mass is 328 g/mol. The van der Waals surface area contributed by atoms with E-state index >= 15 is 0 Å². The smallest absolute Gasteiger partial charge is 0.331 e. The molecule has 128 valence electrons. The van der Waals surface area contributed by atoms with E-state index in [1.54, 1.807) is 0 Å². The van der Waals surface area contributed by atoms with Crippen LogP contribution in [0, 0.1) is 13.8 Å². The van der Waals surface area contributed by atoms with E-state index in [2.05, 4.69) is 4.98 Å². The summed E-state index contributed by atoms with van der Waals surface area (Å²) in [6.07, 6.45) is 5.23. The topological polar surface area (TPSA) is 64.1 Å². The molecule has 1 aromatic carbocycles. The van der Waals surface area contributed by atoms with Crippen LogP contribution in [0.4, 0.5) is 0 Å². The Morgan fingerprint density at radius 3 is 2.33 bits per heavy atom. The predicted molar refractivity (Wildman–Crippen MR) is 96.1 cm³/mol. The van der Waals surface area contributed by atoms with Crippen LogP contribution >= 0.6 is 0 Å². The first-order chi connectivity index (χ1) is 11.5. The molecule has 0 bridgehead atoms. The molecule has 24 heavy (non-hydrogen) atoms. The summed E-state index contributed by atoms with van der Waals surface area (Å²) < 4.78 is 7.46. The zero-order valence-corrected chi connectivity index (χ0v) is 14.7. The van der Waals surface area contributed by atoms with E-state index in [0.717, 1.165) is 17.5 Å². The number of ether oxygens (including phenoxy) is 1. The number of rotatable bonds is 6. The number of aromatic amines is 1. The minimum atomic E-state index is -0.461. The Bertz CT molecular complexity index is 840. The standard InChI is InChI=1S/C19H24N2O3/c1-5-7-8-9-21-18(16(6-2)17(22)20-19(21)23)24-15-11-13(3)10-14(4)12-15/h7-8,10-12H,5-6,9H2,1-4H3,(H,20,22,23). The molecule has 0 atom stereocenters. The first-order valence-electron chi connectivity index (χ1n) is 8.23. The fraction of sp³-hybridized carbons (Fsp3) is 0.368. The van der Waals surface area contributed by atoms with E-state index in [1.807, 2.05) is 58.0 Å². The molecule has 0 aliphatic carbocycles. The SMILES string of the molecule is CCC=CCn1c(Oc2cc(C)cc(C)c2)c(CC)c(=O)[nH]c1=O. The van der Waals surface area contributed by atoms with Crippen molar-refractivity contribution in [3.63, 3.8) is 0 Å². The lowest BCUT2D eigenvalue weighted by Gasteiger charge is -2.15. The second-order valence-corrected chi connectivity index (χ2v) is 5.81. The van der Waals surface area contributed by atoms with Crippen LogP contribution in [0.1, 0.15) is 37.0 Å². The summed E-state index contributed by atoms with van der Waals surface area (Å²) in [5, 5.41) is 0. The quantitative estimate of drug-likeness (QED) is 0.826. The largest absolute Gasteiger partial charge is 0.440 e. The Hall–Kier alpha value is -2.56. The van der Waals surface area contributed by atoms with Crippen LogP contribution < -0.4 is 16.0 Å². The van der Waals surface area contributed by atoms with E-state index in [1.165, 1.54) is 4.57 Å². The van der Waals surface area contributed by atoms with Gasteiger partial charge in [-0.15, -0.1) is 0 Å². The van der Waals surface area contributed by atoms with E-state index in [-0.39, 0.29) is 0 Å². The minimum Gasteiger partial charge on any atom is -0.440 e. The van der Waals surface area contributed by atoms with E-state index in [0.29, 0.717) is 30.2 Å². The van der Waals surface area contributed by atoms with Gasteiger partial charge in [0, 0.05) is 6.54 Å². The Balaban J connectivity index is 2.58. The van der Waals surface area contributed by atoms with Gasteiger partial charge < -0.3 is 4.74 Å². The number of aromatic nitrogens is 2. The number of benzene rings is 1. The second-order valence-electron chi connectivity index (χ2n) is 5.81. The van der Waals surface area contributed by atoms with Crippen LogP contribution in [0.25, 0.3) is 0 Å². The van der Waals surface area contributed by atoms with Crippen molar-refractivity contribution < 1.29 is 4.74 Å². The molecule has 0 aliphatic heterocycles. The number of H-pyrrole nitrogens is 1. The highest BCUT2D eigenvalue weighted by atomic mass is 16.5. The van der Waals surface area contributed by atoms with Gasteiger partial charge in [-0.3, -0.25) is 14.3 Å². The molecule has 1 aromatic heterocycles. The summed E-state index contributed by atoms with van der Waals surface area (Å²) in [7, 11) is 0. The molecule has 0 spiro atoms. The Morgan fingerprint density at radius 1 is 1.08 bits per heavy atom. The molecular formula is C19H24N2O3. The lowest BCUT2D eigenvalue weighted by molar-refractivity contribution is 0.415. The van der Waals surface area contributed by atoms with Crippen molar-refractivity contribution in [3.05, 3.63) is 67.9 Å². The summed E-state index contributed by atoms with van der Waals surface area (Å²) in [6, 6.07) is 5.83. The van der Waals surface area contributed by atoms with Gasteiger partial charge in [-0.25, -0.2) is 4.79 Å². The minimum absolute atomic E-state index is 0.317. The molecule has 0 aliphatic rings. The average Bonchev–Trinajstić information content (AvgIpc) is 2.49. The van der Waals surface area contributed by atoms with Crippen LogP contribution in [-0.4, -0.2) is 9.55 Å². The zero-order chi connectivity index (χ0) is 17.7. The highest BCUT2D eigenvalue weighted by Gasteiger charge is 2.15. The van der Waals surface area contributed by atoms with Crippen molar-refractivity contribution in [2.45, 2.75) is 47.1 Å². The number of allylic oxidation sites excluding steroid dienone is 2. The van der Waals surface area contributed by atoms with Crippen LogP contribution in [0.2, 0.25) is 0 Å². The van der Waals surface area contributed by atoms with E-state index in [4.69, 9.17) is 4.74 Å². The van der Waals surface area contributed by atoms with Crippen LogP contribution in [0.5, 0.6) is 11.6 Å². The number of hydrogen-bond donors (Lipinski definition) is 1. The van der Waals surface area contributed by atoms with Gasteiger partial charge in [0.15, 0.2) is 0 Å². The number of nitrogens with one attached hydrogen (secondary N) is 1. The van der Waals surface area contributed by atoms with Crippen molar-refractivity contribution in [2.75, 3.05) is 0 Å². The molecule has 1 heterocycles. The normalized spacial score (nSPS) is 11.2. The average molecular weight is 328 g/mol. The van der Waals surface area contributed by atoms with Crippen molar-refractivity contribution in [2.24, 2.45) is 0 Å². The predicted octanol–water partition coefficient (Wildman–Crippen LogP) is 3.47. The molecule has 0 saturated carbocycles. The first kappa shape index (κ1) is 17.8. The van der Waals surface area contributed by atoms with E-state index in [9.17, 15) is 9.59 Å². The van der Waals surface area contributed by atoms with E-state index < -0.39 is 11.2 Å². The molecule has 5 heteroatoms. The second kappa shape index (κ2) is 7.81. The lowest BCUT2D eigenvalue weighted by Crippen LogP contribution is -2.33. The summed E-state index contributed by atoms with van der Waals surface area (Å²) in [5.41, 5.74) is 1.74. The maximum absolute atomic E-state index is 12.2. The molecule has 0 amide bonds. The van der Waals surface area contributed by atoms with Gasteiger partial charge in [-0.2, -0.15) is 0 Å². The zero-order valence-electron chi connectivity index (χ0n) is 14.7. The fourth-order valence-electron chi connectivity index (χ4n) is 2.64. The van der Waals surface area contributed by atoms with Crippen LogP contribution in [0.3, 0.4) is 0 Å². The third kappa shape index (κ3) is 4.04. The van der Waals surface area contributed by atoms with Crippen molar-refractivity contribution in [3.8, 4) is 11.6 Å². The van der Waals surface area contributed by atoms with Crippen LogP contribution in [0.15, 0.2) is 39.9 Å².